The van der Waals surface area contributed by atoms with Crippen molar-refractivity contribution in [3.63, 3.8) is 0 Å². The monoisotopic (exact) mass is 403 g/mol. The zero-order chi connectivity index (χ0) is 20.6. The Labute approximate surface area is 174 Å². The molecule has 0 fully saturated rings. The van der Waals surface area contributed by atoms with Crippen molar-refractivity contribution in [2.75, 3.05) is 11.9 Å². The molecule has 29 heavy (non-hydrogen) atoms. The maximum atomic E-state index is 12.5. The van der Waals surface area contributed by atoms with Crippen LogP contribution in [0.5, 0.6) is 5.75 Å². The Hall–Kier alpha value is -3.43. The Balaban J connectivity index is 1.71. The van der Waals surface area contributed by atoms with E-state index in [0.29, 0.717) is 11.7 Å². The van der Waals surface area contributed by atoms with Gasteiger partial charge in [0.25, 0.3) is 5.91 Å². The second-order valence-corrected chi connectivity index (χ2v) is 7.07. The Morgan fingerprint density at radius 1 is 1.17 bits per heavy atom. The zero-order valence-corrected chi connectivity index (χ0v) is 17.1. The number of aromatic nitrogens is 1. The summed E-state index contributed by atoms with van der Waals surface area (Å²) in [6.07, 6.45) is 2.53. The van der Waals surface area contributed by atoms with Crippen molar-refractivity contribution < 1.29 is 9.53 Å². The molecule has 0 bridgehead atoms. The number of ether oxygens (including phenoxy) is 1. The fourth-order valence-electron chi connectivity index (χ4n) is 2.68. The minimum absolute atomic E-state index is 0.0122. The van der Waals surface area contributed by atoms with Crippen molar-refractivity contribution in [3.05, 3.63) is 70.6 Å². The predicted molar refractivity (Wildman–Crippen MR) is 117 cm³/mol. The van der Waals surface area contributed by atoms with Gasteiger partial charge in [0.2, 0.25) is 0 Å². The van der Waals surface area contributed by atoms with Crippen LogP contribution in [0, 0.1) is 11.3 Å². The van der Waals surface area contributed by atoms with Crippen molar-refractivity contribution >= 4 is 28.5 Å². The highest BCUT2D eigenvalue weighted by atomic mass is 32.1. The highest BCUT2D eigenvalue weighted by Gasteiger charge is 2.12. The van der Waals surface area contributed by atoms with Gasteiger partial charge in [0, 0.05) is 10.9 Å². The number of nitriles is 1. The van der Waals surface area contributed by atoms with Gasteiger partial charge in [-0.1, -0.05) is 43.3 Å². The molecule has 0 saturated heterocycles. The first-order valence-electron chi connectivity index (χ1n) is 9.33. The quantitative estimate of drug-likeness (QED) is 0.428. The van der Waals surface area contributed by atoms with Gasteiger partial charge in [-0.15, -0.1) is 11.3 Å². The van der Waals surface area contributed by atoms with Gasteiger partial charge in [-0.2, -0.15) is 5.26 Å². The van der Waals surface area contributed by atoms with Crippen LogP contribution in [-0.4, -0.2) is 17.5 Å². The number of hydrogen-bond acceptors (Lipinski definition) is 5. The summed E-state index contributed by atoms with van der Waals surface area (Å²) in [5.41, 5.74) is 3.80. The van der Waals surface area contributed by atoms with E-state index in [1.54, 1.807) is 30.3 Å². The summed E-state index contributed by atoms with van der Waals surface area (Å²) >= 11 is 1.33. The summed E-state index contributed by atoms with van der Waals surface area (Å²) in [7, 11) is 0. The van der Waals surface area contributed by atoms with Crippen LogP contribution in [0.25, 0.3) is 17.3 Å². The topological polar surface area (TPSA) is 75.0 Å². The summed E-state index contributed by atoms with van der Waals surface area (Å²) in [4.78, 5) is 17.0. The third kappa shape index (κ3) is 5.31. The molecule has 6 heteroatoms. The molecule has 1 heterocycles. The van der Waals surface area contributed by atoms with E-state index in [9.17, 15) is 10.1 Å². The summed E-state index contributed by atoms with van der Waals surface area (Å²) in [6.45, 7) is 4.61. The van der Waals surface area contributed by atoms with Crippen LogP contribution in [-0.2, 0) is 11.2 Å². The standard InChI is InChI=1S/C23H21N3O2S/c1-3-16-5-9-18(10-6-16)21-15-29-23(25-21)26-22(27)19(14-24)13-17-7-11-20(12-8-17)28-4-2/h5-13,15H,3-4H2,1-2H3,(H,25,26,27)/b19-13+. The molecule has 0 atom stereocenters. The Morgan fingerprint density at radius 2 is 1.90 bits per heavy atom. The van der Waals surface area contributed by atoms with Crippen LogP contribution in [0.2, 0.25) is 0 Å². The molecule has 2 aromatic carbocycles. The maximum Gasteiger partial charge on any atom is 0.268 e. The molecule has 0 aliphatic rings. The number of anilines is 1. The molecule has 0 aliphatic carbocycles. The van der Waals surface area contributed by atoms with Gasteiger partial charge >= 0.3 is 0 Å². The number of amides is 1. The second kappa shape index (κ2) is 9.67. The molecule has 1 amide bonds. The van der Waals surface area contributed by atoms with Crippen molar-refractivity contribution in [1.82, 2.24) is 4.98 Å². The minimum atomic E-state index is -0.483. The van der Waals surface area contributed by atoms with Crippen LogP contribution in [0.1, 0.15) is 25.0 Å². The Kier molecular flexibility index (Phi) is 6.77. The maximum absolute atomic E-state index is 12.5. The van der Waals surface area contributed by atoms with E-state index in [0.717, 1.165) is 29.0 Å². The van der Waals surface area contributed by atoms with Gasteiger partial charge in [0.15, 0.2) is 5.13 Å². The van der Waals surface area contributed by atoms with E-state index in [-0.39, 0.29) is 5.57 Å². The van der Waals surface area contributed by atoms with Gasteiger partial charge in [-0.25, -0.2) is 4.98 Å². The number of hydrogen-bond donors (Lipinski definition) is 1. The SMILES string of the molecule is CCOc1ccc(/C=C(\C#N)C(=O)Nc2nc(-c3ccc(CC)cc3)cs2)cc1. The lowest BCUT2D eigenvalue weighted by atomic mass is 10.1. The number of nitrogens with one attached hydrogen (secondary N) is 1. The first kappa shape index (κ1) is 20.3. The van der Waals surface area contributed by atoms with Gasteiger partial charge in [-0.3, -0.25) is 10.1 Å². The highest BCUT2D eigenvalue weighted by molar-refractivity contribution is 7.14. The average molecular weight is 404 g/mol. The van der Waals surface area contributed by atoms with Gasteiger partial charge in [-0.05, 0) is 42.7 Å². The summed E-state index contributed by atoms with van der Waals surface area (Å²) in [6, 6.07) is 17.4. The molecule has 3 rings (SSSR count). The smallest absolute Gasteiger partial charge is 0.268 e. The van der Waals surface area contributed by atoms with Crippen molar-refractivity contribution in [2.45, 2.75) is 20.3 Å². The molecule has 3 aromatic rings. The lowest BCUT2D eigenvalue weighted by molar-refractivity contribution is -0.112. The number of nitrogens with zero attached hydrogens (tertiary/aromatic N) is 2. The molecule has 0 unspecified atom stereocenters. The molecule has 0 saturated carbocycles. The van der Waals surface area contributed by atoms with Crippen LogP contribution in [0.3, 0.4) is 0 Å². The minimum Gasteiger partial charge on any atom is -0.494 e. The first-order chi connectivity index (χ1) is 14.1. The lowest BCUT2D eigenvalue weighted by Crippen LogP contribution is -2.13. The molecular formula is C23H21N3O2S. The second-order valence-electron chi connectivity index (χ2n) is 6.21. The van der Waals surface area contributed by atoms with Gasteiger partial charge in [0.1, 0.15) is 17.4 Å². The van der Waals surface area contributed by atoms with Crippen LogP contribution < -0.4 is 10.1 Å². The summed E-state index contributed by atoms with van der Waals surface area (Å²) in [5, 5.41) is 14.4. The Bertz CT molecular complexity index is 1040. The molecule has 0 radical (unpaired) electrons. The molecule has 0 aliphatic heterocycles. The van der Waals surface area contributed by atoms with Crippen molar-refractivity contribution in [3.8, 4) is 23.1 Å². The number of thiazole rings is 1. The number of carbonyl (C=O) groups excluding carboxylic acids is 1. The first-order valence-corrected chi connectivity index (χ1v) is 10.2. The van der Waals surface area contributed by atoms with Crippen LogP contribution in [0.15, 0.2) is 59.5 Å². The fourth-order valence-corrected chi connectivity index (χ4v) is 3.40. The zero-order valence-electron chi connectivity index (χ0n) is 16.3. The summed E-state index contributed by atoms with van der Waals surface area (Å²) in [5.74, 6) is 0.263. The fraction of sp³-hybridized carbons (Fsp3) is 0.174. The van der Waals surface area contributed by atoms with E-state index in [4.69, 9.17) is 4.74 Å². The number of benzene rings is 2. The Morgan fingerprint density at radius 3 is 2.52 bits per heavy atom. The van der Waals surface area contributed by atoms with Gasteiger partial charge in [0.05, 0.1) is 12.3 Å². The number of rotatable bonds is 7. The van der Waals surface area contributed by atoms with E-state index in [2.05, 4.69) is 29.4 Å². The molecule has 0 spiro atoms. The third-order valence-corrected chi connectivity index (χ3v) is 5.01. The van der Waals surface area contributed by atoms with E-state index >= 15 is 0 Å². The molecule has 146 valence electrons. The molecule has 1 aromatic heterocycles. The van der Waals surface area contributed by atoms with Crippen molar-refractivity contribution in [2.24, 2.45) is 0 Å². The van der Waals surface area contributed by atoms with E-state index in [1.807, 2.05) is 30.5 Å². The van der Waals surface area contributed by atoms with Gasteiger partial charge < -0.3 is 4.74 Å². The predicted octanol–water partition coefficient (Wildman–Crippen LogP) is 5.32. The molecular weight excluding hydrogens is 382 g/mol. The van der Waals surface area contributed by atoms with Crippen LogP contribution >= 0.6 is 11.3 Å². The van der Waals surface area contributed by atoms with E-state index in [1.165, 1.54) is 16.9 Å². The highest BCUT2D eigenvalue weighted by Crippen LogP contribution is 2.25. The number of aryl methyl sites for hydroxylation is 1. The normalized spacial score (nSPS) is 11.0. The summed E-state index contributed by atoms with van der Waals surface area (Å²) < 4.78 is 5.40. The largest absolute Gasteiger partial charge is 0.494 e. The van der Waals surface area contributed by atoms with Crippen molar-refractivity contribution in [1.29, 1.82) is 5.26 Å². The van der Waals surface area contributed by atoms with Crippen LogP contribution in [0.4, 0.5) is 5.13 Å². The third-order valence-electron chi connectivity index (χ3n) is 4.25. The number of carbonyl (C=O) groups is 1. The average Bonchev–Trinajstić information content (AvgIpc) is 3.21. The molecule has 1 N–H and O–H groups in total. The lowest BCUT2D eigenvalue weighted by Gasteiger charge is -2.03. The van der Waals surface area contributed by atoms with E-state index < -0.39 is 5.91 Å². The molecule has 5 nitrogen and oxygen atoms in total.